The molecule has 0 spiro atoms. The molecular formula is C16H10O4. The fourth-order valence-electron chi connectivity index (χ4n) is 2.03. The molecule has 0 saturated heterocycles. The van der Waals surface area contributed by atoms with Gasteiger partial charge in [-0.15, -0.1) is 0 Å². The van der Waals surface area contributed by atoms with E-state index >= 15 is 0 Å². The lowest BCUT2D eigenvalue weighted by Gasteiger charge is -2.08. The van der Waals surface area contributed by atoms with Crippen molar-refractivity contribution in [2.75, 3.05) is 0 Å². The second-order valence-corrected chi connectivity index (χ2v) is 4.18. The molecule has 4 heteroatoms. The summed E-state index contributed by atoms with van der Waals surface area (Å²) >= 11 is 0. The van der Waals surface area contributed by atoms with E-state index < -0.39 is 5.97 Å². The van der Waals surface area contributed by atoms with Crippen LogP contribution in [-0.4, -0.2) is 12.3 Å². The molecule has 2 aromatic carbocycles. The summed E-state index contributed by atoms with van der Waals surface area (Å²) in [5, 5.41) is 1.65. The summed E-state index contributed by atoms with van der Waals surface area (Å²) in [4.78, 5) is 23.1. The van der Waals surface area contributed by atoms with E-state index in [1.54, 1.807) is 18.2 Å². The molecule has 4 nitrogen and oxygen atoms in total. The van der Waals surface area contributed by atoms with Gasteiger partial charge in [-0.1, -0.05) is 30.3 Å². The quantitative estimate of drug-likeness (QED) is 0.414. The number of hydrogen-bond donors (Lipinski definition) is 0. The molecule has 3 aromatic rings. The minimum atomic E-state index is -0.631. The number of benzene rings is 2. The summed E-state index contributed by atoms with van der Waals surface area (Å²) in [6.45, 7) is 0. The minimum absolute atomic E-state index is 0.0926. The molecule has 3 rings (SSSR count). The number of fused-ring (bicyclic) bond motifs is 1. The Balaban J connectivity index is 2.03. The first-order chi connectivity index (χ1) is 9.79. The van der Waals surface area contributed by atoms with Crippen molar-refractivity contribution in [1.29, 1.82) is 0 Å². The zero-order valence-electron chi connectivity index (χ0n) is 10.4. The molecule has 0 fully saturated rings. The van der Waals surface area contributed by atoms with Crippen LogP contribution in [0.4, 0.5) is 0 Å². The van der Waals surface area contributed by atoms with Gasteiger partial charge in [-0.25, -0.2) is 4.79 Å². The lowest BCUT2D eigenvalue weighted by atomic mass is 10.0. The van der Waals surface area contributed by atoms with Gasteiger partial charge < -0.3 is 9.15 Å². The van der Waals surface area contributed by atoms with Crippen LogP contribution < -0.4 is 4.74 Å². The lowest BCUT2D eigenvalue weighted by molar-refractivity contribution is 0.0700. The van der Waals surface area contributed by atoms with Crippen LogP contribution in [-0.2, 0) is 0 Å². The SMILES string of the molecule is O=Cc1c(OC(=O)c2ccco2)ccc2ccccc12. The zero-order valence-corrected chi connectivity index (χ0v) is 10.4. The van der Waals surface area contributed by atoms with Gasteiger partial charge in [0.15, 0.2) is 6.29 Å². The van der Waals surface area contributed by atoms with Crippen molar-refractivity contribution in [3.8, 4) is 5.75 Å². The van der Waals surface area contributed by atoms with E-state index in [0.717, 1.165) is 10.8 Å². The Morgan fingerprint density at radius 3 is 2.65 bits per heavy atom. The number of rotatable bonds is 3. The molecule has 0 atom stereocenters. The number of aldehydes is 1. The van der Waals surface area contributed by atoms with E-state index in [9.17, 15) is 9.59 Å². The third kappa shape index (κ3) is 2.07. The molecule has 0 saturated carbocycles. The molecule has 0 radical (unpaired) electrons. The van der Waals surface area contributed by atoms with E-state index in [-0.39, 0.29) is 11.5 Å². The number of furan rings is 1. The first-order valence-corrected chi connectivity index (χ1v) is 6.02. The van der Waals surface area contributed by atoms with Gasteiger partial charge in [-0.2, -0.15) is 0 Å². The molecule has 0 aliphatic carbocycles. The van der Waals surface area contributed by atoms with Gasteiger partial charge >= 0.3 is 5.97 Å². The maximum atomic E-state index is 11.8. The fourth-order valence-corrected chi connectivity index (χ4v) is 2.03. The van der Waals surface area contributed by atoms with Crippen LogP contribution in [0.25, 0.3) is 10.8 Å². The predicted octanol–water partition coefficient (Wildman–Crippen LogP) is 3.46. The average molecular weight is 266 g/mol. The molecule has 20 heavy (non-hydrogen) atoms. The predicted molar refractivity (Wildman–Crippen MR) is 73.0 cm³/mol. The largest absolute Gasteiger partial charge is 0.457 e. The highest BCUT2D eigenvalue weighted by molar-refractivity contribution is 6.02. The Hall–Kier alpha value is -2.88. The van der Waals surface area contributed by atoms with Crippen molar-refractivity contribution in [2.45, 2.75) is 0 Å². The molecule has 0 N–H and O–H groups in total. The van der Waals surface area contributed by atoms with Crippen molar-refractivity contribution in [3.05, 3.63) is 66.1 Å². The molecule has 0 amide bonds. The van der Waals surface area contributed by atoms with Crippen LogP contribution in [0.3, 0.4) is 0 Å². The van der Waals surface area contributed by atoms with E-state index in [1.165, 1.54) is 12.3 Å². The van der Waals surface area contributed by atoms with Gasteiger partial charge in [0.1, 0.15) is 5.75 Å². The number of carbonyl (C=O) groups is 2. The molecule has 0 aliphatic heterocycles. The monoisotopic (exact) mass is 266 g/mol. The van der Waals surface area contributed by atoms with Crippen LogP contribution in [0.1, 0.15) is 20.9 Å². The Bertz CT molecular complexity index is 772. The summed E-state index contributed by atoms with van der Waals surface area (Å²) in [5.41, 5.74) is 0.350. The number of hydrogen-bond acceptors (Lipinski definition) is 4. The Morgan fingerprint density at radius 2 is 1.90 bits per heavy atom. The summed E-state index contributed by atoms with van der Waals surface area (Å²) in [6.07, 6.45) is 2.07. The fraction of sp³-hybridized carbons (Fsp3) is 0. The second-order valence-electron chi connectivity index (χ2n) is 4.18. The highest BCUT2D eigenvalue weighted by Gasteiger charge is 2.15. The third-order valence-electron chi connectivity index (χ3n) is 2.97. The van der Waals surface area contributed by atoms with Crippen LogP contribution >= 0.6 is 0 Å². The average Bonchev–Trinajstić information content (AvgIpc) is 3.01. The maximum absolute atomic E-state index is 11.8. The number of esters is 1. The summed E-state index contributed by atoms with van der Waals surface area (Å²) in [7, 11) is 0. The van der Waals surface area contributed by atoms with Gasteiger partial charge in [0.25, 0.3) is 0 Å². The number of carbonyl (C=O) groups excluding carboxylic acids is 2. The lowest BCUT2D eigenvalue weighted by Crippen LogP contribution is -2.08. The van der Waals surface area contributed by atoms with Crippen LogP contribution in [0.2, 0.25) is 0 Å². The van der Waals surface area contributed by atoms with Crippen LogP contribution in [0, 0.1) is 0 Å². The van der Waals surface area contributed by atoms with E-state index in [0.29, 0.717) is 11.8 Å². The standard InChI is InChI=1S/C16H10O4/c17-10-13-12-5-2-1-4-11(12)7-8-14(13)20-16(18)15-6-3-9-19-15/h1-10H. The van der Waals surface area contributed by atoms with Crippen LogP contribution in [0.5, 0.6) is 5.75 Å². The molecule has 1 aromatic heterocycles. The molecular weight excluding hydrogens is 256 g/mol. The smallest absolute Gasteiger partial charge is 0.379 e. The highest BCUT2D eigenvalue weighted by atomic mass is 16.5. The van der Waals surface area contributed by atoms with Gasteiger partial charge in [0.05, 0.1) is 11.8 Å². The van der Waals surface area contributed by atoms with E-state index in [1.807, 2.05) is 24.3 Å². The first kappa shape index (κ1) is 12.2. The van der Waals surface area contributed by atoms with Gasteiger partial charge in [0, 0.05) is 0 Å². The van der Waals surface area contributed by atoms with Gasteiger partial charge in [-0.05, 0) is 29.0 Å². The molecule has 0 aliphatic rings. The van der Waals surface area contributed by atoms with Crippen LogP contribution in [0.15, 0.2) is 59.2 Å². The van der Waals surface area contributed by atoms with Crippen molar-refractivity contribution < 1.29 is 18.7 Å². The summed E-state index contributed by atoms with van der Waals surface area (Å²) < 4.78 is 10.2. The Morgan fingerprint density at radius 1 is 1.05 bits per heavy atom. The Kier molecular flexibility index (Phi) is 3.05. The zero-order chi connectivity index (χ0) is 13.9. The summed E-state index contributed by atoms with van der Waals surface area (Å²) in [6, 6.07) is 13.9. The van der Waals surface area contributed by atoms with Crippen molar-refractivity contribution in [3.63, 3.8) is 0 Å². The topological polar surface area (TPSA) is 56.5 Å². The second kappa shape index (κ2) is 5.01. The first-order valence-electron chi connectivity index (χ1n) is 6.02. The molecule has 1 heterocycles. The molecule has 0 unspecified atom stereocenters. The van der Waals surface area contributed by atoms with Gasteiger partial charge in [-0.3, -0.25) is 4.79 Å². The maximum Gasteiger partial charge on any atom is 0.379 e. The highest BCUT2D eigenvalue weighted by Crippen LogP contribution is 2.27. The van der Waals surface area contributed by atoms with E-state index in [2.05, 4.69) is 0 Å². The van der Waals surface area contributed by atoms with E-state index in [4.69, 9.17) is 9.15 Å². The Labute approximate surface area is 114 Å². The van der Waals surface area contributed by atoms with Crippen molar-refractivity contribution in [1.82, 2.24) is 0 Å². The molecule has 98 valence electrons. The van der Waals surface area contributed by atoms with Gasteiger partial charge in [0.2, 0.25) is 5.76 Å². The van der Waals surface area contributed by atoms with Crippen molar-refractivity contribution >= 4 is 23.0 Å². The normalized spacial score (nSPS) is 10.4. The molecule has 0 bridgehead atoms. The number of ether oxygens (including phenoxy) is 1. The minimum Gasteiger partial charge on any atom is -0.457 e. The summed E-state index contributed by atoms with van der Waals surface area (Å²) in [5.74, 6) is -0.316. The van der Waals surface area contributed by atoms with Crippen molar-refractivity contribution in [2.24, 2.45) is 0 Å². The third-order valence-corrected chi connectivity index (χ3v) is 2.97.